The zero-order valence-electron chi connectivity index (χ0n) is 15.7. The number of halogens is 2. The third-order valence-electron chi connectivity index (χ3n) is 3.21. The van der Waals surface area contributed by atoms with Crippen molar-refractivity contribution in [3.8, 4) is 5.75 Å². The molecule has 0 heterocycles. The Bertz CT molecular complexity index is 875. The van der Waals surface area contributed by atoms with Crippen molar-refractivity contribution in [3.63, 3.8) is 0 Å². The average Bonchev–Trinajstić information content (AvgIpc) is 2.59. The monoisotopic (exact) mass is 422 g/mol. The number of nitrogens with zero attached hydrogens (tertiary/aromatic N) is 1. The van der Waals surface area contributed by atoms with E-state index in [-0.39, 0.29) is 17.2 Å². The minimum absolute atomic E-state index is 0.178. The van der Waals surface area contributed by atoms with Crippen molar-refractivity contribution in [1.82, 2.24) is 5.43 Å². The van der Waals surface area contributed by atoms with Gasteiger partial charge in [0.25, 0.3) is 5.91 Å². The summed E-state index contributed by atoms with van der Waals surface area (Å²) in [6, 6.07) is 11.4. The minimum atomic E-state index is -0.554. The highest BCUT2D eigenvalue weighted by atomic mass is 35.5. The van der Waals surface area contributed by atoms with Gasteiger partial charge in [0.1, 0.15) is 11.4 Å². The first kappa shape index (κ1) is 21.7. The van der Waals surface area contributed by atoms with Crippen molar-refractivity contribution < 1.29 is 19.1 Å². The first-order valence-corrected chi connectivity index (χ1v) is 9.13. The van der Waals surface area contributed by atoms with Crippen molar-refractivity contribution in [2.75, 3.05) is 6.61 Å². The zero-order valence-corrected chi connectivity index (χ0v) is 17.2. The van der Waals surface area contributed by atoms with Crippen LogP contribution in [0, 0.1) is 0 Å². The molecule has 0 aromatic heterocycles. The van der Waals surface area contributed by atoms with E-state index in [1.165, 1.54) is 18.3 Å². The highest BCUT2D eigenvalue weighted by Gasteiger charge is 2.16. The lowest BCUT2D eigenvalue weighted by molar-refractivity contribution is -0.157. The van der Waals surface area contributed by atoms with Gasteiger partial charge in [-0.1, -0.05) is 23.2 Å². The van der Waals surface area contributed by atoms with Crippen LogP contribution < -0.4 is 10.2 Å². The standard InChI is InChI=1S/C20H20Cl2N2O4/c1-20(2,3)28-18(25)12-27-15-7-4-13(5-8-15)11-23-24-19(26)16-9-6-14(21)10-17(16)22/h4-11H,12H2,1-3H3,(H,24,26)/b23-11+. The fourth-order valence-corrected chi connectivity index (χ4v) is 2.56. The molecule has 0 aliphatic carbocycles. The van der Waals surface area contributed by atoms with Gasteiger partial charge in [0.2, 0.25) is 0 Å². The molecule has 0 unspecified atom stereocenters. The molecule has 0 radical (unpaired) electrons. The van der Waals surface area contributed by atoms with Crippen LogP contribution in [0.25, 0.3) is 0 Å². The van der Waals surface area contributed by atoms with Crippen molar-refractivity contribution in [3.05, 3.63) is 63.6 Å². The van der Waals surface area contributed by atoms with E-state index in [1.54, 1.807) is 51.1 Å². The largest absolute Gasteiger partial charge is 0.482 e. The Morgan fingerprint density at radius 3 is 2.39 bits per heavy atom. The molecule has 6 nitrogen and oxygen atoms in total. The minimum Gasteiger partial charge on any atom is -0.482 e. The number of ether oxygens (including phenoxy) is 2. The molecule has 0 atom stereocenters. The summed E-state index contributed by atoms with van der Waals surface area (Å²) in [6.45, 7) is 5.19. The number of carbonyl (C=O) groups excluding carboxylic acids is 2. The first-order chi connectivity index (χ1) is 13.1. The molecule has 0 bridgehead atoms. The Morgan fingerprint density at radius 2 is 1.79 bits per heavy atom. The number of hydrazone groups is 1. The Labute approximate surface area is 173 Å². The maximum absolute atomic E-state index is 12.1. The Morgan fingerprint density at radius 1 is 1.11 bits per heavy atom. The number of amides is 1. The average molecular weight is 423 g/mol. The van der Waals surface area contributed by atoms with Gasteiger partial charge >= 0.3 is 5.97 Å². The van der Waals surface area contributed by atoms with Crippen LogP contribution >= 0.6 is 23.2 Å². The lowest BCUT2D eigenvalue weighted by Gasteiger charge is -2.19. The van der Waals surface area contributed by atoms with Gasteiger partial charge in [-0.15, -0.1) is 0 Å². The topological polar surface area (TPSA) is 77.0 Å². The number of rotatable bonds is 6. The van der Waals surface area contributed by atoms with Crippen molar-refractivity contribution >= 4 is 41.3 Å². The number of esters is 1. The maximum atomic E-state index is 12.1. The number of nitrogens with one attached hydrogen (secondary N) is 1. The van der Waals surface area contributed by atoms with Crippen LogP contribution in [0.15, 0.2) is 47.6 Å². The van der Waals surface area contributed by atoms with Crippen molar-refractivity contribution in [2.24, 2.45) is 5.10 Å². The quantitative estimate of drug-likeness (QED) is 0.422. The van der Waals surface area contributed by atoms with E-state index in [2.05, 4.69) is 10.5 Å². The van der Waals surface area contributed by atoms with Gasteiger partial charge in [-0.3, -0.25) is 4.79 Å². The predicted molar refractivity (Wildman–Crippen MR) is 109 cm³/mol. The summed E-state index contributed by atoms with van der Waals surface area (Å²) in [4.78, 5) is 23.7. The van der Waals surface area contributed by atoms with E-state index in [4.69, 9.17) is 32.7 Å². The predicted octanol–water partition coefficient (Wildman–Crippen LogP) is 4.48. The summed E-state index contributed by atoms with van der Waals surface area (Å²) in [7, 11) is 0. The van der Waals surface area contributed by atoms with Crippen molar-refractivity contribution in [2.45, 2.75) is 26.4 Å². The maximum Gasteiger partial charge on any atom is 0.344 e. The van der Waals surface area contributed by atoms with Gasteiger partial charge in [0.15, 0.2) is 6.61 Å². The molecule has 28 heavy (non-hydrogen) atoms. The molecule has 2 rings (SSSR count). The Kier molecular flexibility index (Phi) is 7.43. The molecule has 148 valence electrons. The fourth-order valence-electron chi connectivity index (χ4n) is 2.06. The number of carbonyl (C=O) groups is 2. The first-order valence-electron chi connectivity index (χ1n) is 8.37. The zero-order chi connectivity index (χ0) is 20.7. The van der Waals surface area contributed by atoms with E-state index >= 15 is 0 Å². The molecule has 8 heteroatoms. The molecule has 1 amide bonds. The van der Waals surface area contributed by atoms with Crippen LogP contribution in [0.1, 0.15) is 36.7 Å². The Balaban J connectivity index is 1.86. The molecule has 0 fully saturated rings. The van der Waals surface area contributed by atoms with Crippen LogP contribution in [-0.2, 0) is 9.53 Å². The van der Waals surface area contributed by atoms with E-state index < -0.39 is 17.5 Å². The molecule has 1 N–H and O–H groups in total. The lowest BCUT2D eigenvalue weighted by atomic mass is 10.2. The van der Waals surface area contributed by atoms with E-state index in [0.29, 0.717) is 10.8 Å². The lowest BCUT2D eigenvalue weighted by Crippen LogP contribution is -2.27. The van der Waals surface area contributed by atoms with Crippen LogP contribution in [-0.4, -0.2) is 30.3 Å². The van der Waals surface area contributed by atoms with Gasteiger partial charge in [-0.05, 0) is 68.8 Å². The highest BCUT2D eigenvalue weighted by Crippen LogP contribution is 2.20. The van der Waals surface area contributed by atoms with Gasteiger partial charge in [0.05, 0.1) is 16.8 Å². The normalized spacial score (nSPS) is 11.3. The second-order valence-corrected chi connectivity index (χ2v) is 7.61. The van der Waals surface area contributed by atoms with Gasteiger partial charge in [-0.2, -0.15) is 5.10 Å². The van der Waals surface area contributed by atoms with Crippen LogP contribution in [0.3, 0.4) is 0 Å². The van der Waals surface area contributed by atoms with Crippen LogP contribution in [0.4, 0.5) is 0 Å². The van der Waals surface area contributed by atoms with Gasteiger partial charge in [0, 0.05) is 5.02 Å². The third-order valence-corrected chi connectivity index (χ3v) is 3.76. The summed E-state index contributed by atoms with van der Waals surface area (Å²) in [6.07, 6.45) is 1.47. The number of hydrogen-bond donors (Lipinski definition) is 1. The molecule has 2 aromatic carbocycles. The summed E-state index contributed by atoms with van der Waals surface area (Å²) >= 11 is 11.8. The second kappa shape index (κ2) is 9.57. The molecule has 0 aliphatic rings. The molecule has 2 aromatic rings. The molecule has 0 aliphatic heterocycles. The SMILES string of the molecule is CC(C)(C)OC(=O)COc1ccc(/C=N/NC(=O)c2ccc(Cl)cc2Cl)cc1. The number of hydrogen-bond acceptors (Lipinski definition) is 5. The molecule has 0 spiro atoms. The summed E-state index contributed by atoms with van der Waals surface area (Å²) in [5, 5.41) is 4.58. The number of benzene rings is 2. The van der Waals surface area contributed by atoms with Crippen LogP contribution in [0.2, 0.25) is 10.0 Å². The molecular weight excluding hydrogens is 403 g/mol. The van der Waals surface area contributed by atoms with Gasteiger partial charge < -0.3 is 9.47 Å². The fraction of sp³-hybridized carbons (Fsp3) is 0.250. The van der Waals surface area contributed by atoms with Crippen molar-refractivity contribution in [1.29, 1.82) is 0 Å². The summed E-state index contributed by atoms with van der Waals surface area (Å²) in [5.74, 6) is -0.378. The smallest absolute Gasteiger partial charge is 0.344 e. The van der Waals surface area contributed by atoms with E-state index in [9.17, 15) is 9.59 Å². The van der Waals surface area contributed by atoms with E-state index in [0.717, 1.165) is 5.56 Å². The van der Waals surface area contributed by atoms with Gasteiger partial charge in [-0.25, -0.2) is 10.2 Å². The summed E-state index contributed by atoms with van der Waals surface area (Å²) in [5.41, 5.74) is 2.84. The molecular formula is C20H20Cl2N2O4. The molecule has 0 saturated heterocycles. The third kappa shape index (κ3) is 7.21. The second-order valence-electron chi connectivity index (χ2n) is 6.77. The summed E-state index contributed by atoms with van der Waals surface area (Å²) < 4.78 is 10.5. The molecule has 0 saturated carbocycles. The van der Waals surface area contributed by atoms with E-state index in [1.807, 2.05) is 0 Å². The van der Waals surface area contributed by atoms with Crippen LogP contribution in [0.5, 0.6) is 5.75 Å². The highest BCUT2D eigenvalue weighted by molar-refractivity contribution is 6.36. The Hall–Kier alpha value is -2.57.